The summed E-state index contributed by atoms with van der Waals surface area (Å²) in [5, 5.41) is 0.457. The van der Waals surface area contributed by atoms with E-state index in [1.165, 1.54) is 11.3 Å². The van der Waals surface area contributed by atoms with Crippen LogP contribution in [0.3, 0.4) is 0 Å². The molecule has 1 heterocycles. The van der Waals surface area contributed by atoms with Crippen LogP contribution in [0.2, 0.25) is 5.02 Å². The van der Waals surface area contributed by atoms with Crippen LogP contribution >= 0.6 is 22.9 Å². The van der Waals surface area contributed by atoms with Crippen molar-refractivity contribution >= 4 is 33.0 Å². The molecule has 0 atom stereocenters. The monoisotopic (exact) mass is 460 g/mol. The van der Waals surface area contributed by atoms with Gasteiger partial charge in [0, 0.05) is 17.0 Å². The predicted molar refractivity (Wildman–Crippen MR) is 108 cm³/mol. The minimum absolute atomic E-state index is 0.107. The summed E-state index contributed by atoms with van der Waals surface area (Å²) in [5.74, 6) is 0. The molecule has 1 aromatic heterocycles. The second-order valence-electron chi connectivity index (χ2n) is 6.31. The maximum atomic E-state index is 12.9. The topological polar surface area (TPSA) is 59.1 Å². The van der Waals surface area contributed by atoms with Crippen LogP contribution in [-0.4, -0.2) is 13.4 Å². The van der Waals surface area contributed by atoms with Crippen molar-refractivity contribution in [3.05, 3.63) is 69.2 Å². The number of nitrogens with zero attached hydrogens (tertiary/aromatic N) is 1. The van der Waals surface area contributed by atoms with Crippen molar-refractivity contribution < 1.29 is 21.6 Å². The van der Waals surface area contributed by atoms with E-state index in [9.17, 15) is 21.6 Å². The molecule has 0 saturated heterocycles. The quantitative estimate of drug-likeness (QED) is 0.541. The fraction of sp³-hybridized carbons (Fsp3) is 0.211. The highest BCUT2D eigenvalue weighted by atomic mass is 35.5. The van der Waals surface area contributed by atoms with E-state index < -0.39 is 26.7 Å². The molecule has 0 bridgehead atoms. The number of hydrogen-bond donors (Lipinski definition) is 1. The molecule has 3 rings (SSSR count). The van der Waals surface area contributed by atoms with Gasteiger partial charge in [0.05, 0.1) is 16.3 Å². The van der Waals surface area contributed by atoms with E-state index in [1.54, 1.807) is 6.92 Å². The first-order chi connectivity index (χ1) is 13.5. The SMILES string of the molecule is Cc1ccccc1-c1nc(C)c(CNS(=O)(=O)c2cc(C(F)(F)F)ccc2Cl)s1. The highest BCUT2D eigenvalue weighted by molar-refractivity contribution is 7.89. The number of sulfonamides is 1. The zero-order valence-corrected chi connectivity index (χ0v) is 17.7. The van der Waals surface area contributed by atoms with Gasteiger partial charge in [0.15, 0.2) is 0 Å². The fourth-order valence-corrected chi connectivity index (χ4v) is 5.35. The smallest absolute Gasteiger partial charge is 0.241 e. The van der Waals surface area contributed by atoms with E-state index in [0.29, 0.717) is 16.6 Å². The highest BCUT2D eigenvalue weighted by Crippen LogP contribution is 2.34. The minimum Gasteiger partial charge on any atom is -0.241 e. The van der Waals surface area contributed by atoms with Gasteiger partial charge in [-0.25, -0.2) is 18.1 Å². The van der Waals surface area contributed by atoms with Crippen LogP contribution in [0.4, 0.5) is 13.2 Å². The molecule has 0 radical (unpaired) electrons. The maximum Gasteiger partial charge on any atom is 0.416 e. The third kappa shape index (κ3) is 4.80. The summed E-state index contributed by atoms with van der Waals surface area (Å²) in [4.78, 5) is 4.53. The molecular formula is C19H16ClF3N2O2S2. The lowest BCUT2D eigenvalue weighted by Gasteiger charge is -2.11. The van der Waals surface area contributed by atoms with Crippen LogP contribution in [-0.2, 0) is 22.7 Å². The second-order valence-corrected chi connectivity index (χ2v) is 9.54. The molecule has 1 N–H and O–H groups in total. The molecule has 0 aliphatic rings. The number of benzene rings is 2. The Balaban J connectivity index is 1.86. The molecule has 0 amide bonds. The van der Waals surface area contributed by atoms with Gasteiger partial charge in [-0.1, -0.05) is 35.9 Å². The molecular weight excluding hydrogens is 445 g/mol. The van der Waals surface area contributed by atoms with Crippen molar-refractivity contribution in [2.24, 2.45) is 0 Å². The van der Waals surface area contributed by atoms with E-state index in [1.807, 2.05) is 31.2 Å². The third-order valence-corrected chi connectivity index (χ3v) is 7.31. The van der Waals surface area contributed by atoms with Crippen molar-refractivity contribution in [2.45, 2.75) is 31.5 Å². The Morgan fingerprint density at radius 1 is 1.14 bits per heavy atom. The Morgan fingerprint density at radius 2 is 1.83 bits per heavy atom. The van der Waals surface area contributed by atoms with E-state index in [-0.39, 0.29) is 11.6 Å². The number of rotatable bonds is 5. The van der Waals surface area contributed by atoms with Gasteiger partial charge in [0.1, 0.15) is 9.90 Å². The van der Waals surface area contributed by atoms with Crippen LogP contribution < -0.4 is 4.72 Å². The fourth-order valence-electron chi connectivity index (χ4n) is 2.64. The molecule has 154 valence electrons. The first-order valence-electron chi connectivity index (χ1n) is 8.38. The van der Waals surface area contributed by atoms with Crippen LogP contribution in [0.1, 0.15) is 21.7 Å². The van der Waals surface area contributed by atoms with Gasteiger partial charge < -0.3 is 0 Å². The zero-order valence-electron chi connectivity index (χ0n) is 15.3. The lowest BCUT2D eigenvalue weighted by molar-refractivity contribution is -0.137. The number of halogens is 4. The summed E-state index contributed by atoms with van der Waals surface area (Å²) in [7, 11) is -4.26. The number of aryl methyl sites for hydroxylation is 2. The largest absolute Gasteiger partial charge is 0.416 e. The van der Waals surface area contributed by atoms with Crippen molar-refractivity contribution in [1.29, 1.82) is 0 Å². The summed E-state index contributed by atoms with van der Waals surface area (Å²) in [5.41, 5.74) is 1.53. The maximum absolute atomic E-state index is 12.9. The van der Waals surface area contributed by atoms with Gasteiger partial charge in [-0.3, -0.25) is 0 Å². The molecule has 0 spiro atoms. The van der Waals surface area contributed by atoms with Crippen LogP contribution in [0.25, 0.3) is 10.6 Å². The van der Waals surface area contributed by atoms with E-state index in [0.717, 1.165) is 28.3 Å². The summed E-state index contributed by atoms with van der Waals surface area (Å²) < 4.78 is 66.2. The van der Waals surface area contributed by atoms with Gasteiger partial charge in [-0.15, -0.1) is 11.3 Å². The predicted octanol–water partition coefficient (Wildman–Crippen LogP) is 5.58. The normalized spacial score (nSPS) is 12.3. The van der Waals surface area contributed by atoms with Gasteiger partial charge in [0.25, 0.3) is 0 Å². The Morgan fingerprint density at radius 3 is 2.48 bits per heavy atom. The molecule has 0 aliphatic carbocycles. The number of nitrogens with one attached hydrogen (secondary N) is 1. The Hall–Kier alpha value is -1.94. The van der Waals surface area contributed by atoms with Crippen LogP contribution in [0.5, 0.6) is 0 Å². The van der Waals surface area contributed by atoms with Crippen molar-refractivity contribution in [3.8, 4) is 10.6 Å². The van der Waals surface area contributed by atoms with Gasteiger partial charge >= 0.3 is 6.18 Å². The summed E-state index contributed by atoms with van der Waals surface area (Å²) in [6, 6.07) is 9.86. The molecule has 0 saturated carbocycles. The zero-order chi connectivity index (χ0) is 21.4. The number of alkyl halides is 3. The first kappa shape index (κ1) is 21.8. The lowest BCUT2D eigenvalue weighted by atomic mass is 10.1. The number of thiazole rings is 1. The Kier molecular flexibility index (Phi) is 6.05. The Bertz CT molecular complexity index is 1160. The highest BCUT2D eigenvalue weighted by Gasteiger charge is 2.32. The van der Waals surface area contributed by atoms with Crippen LogP contribution in [0, 0.1) is 13.8 Å². The van der Waals surface area contributed by atoms with Crippen molar-refractivity contribution in [1.82, 2.24) is 9.71 Å². The third-order valence-electron chi connectivity index (χ3n) is 4.24. The molecule has 0 fully saturated rings. The van der Waals surface area contributed by atoms with Crippen molar-refractivity contribution in [2.75, 3.05) is 0 Å². The summed E-state index contributed by atoms with van der Waals surface area (Å²) in [6.07, 6.45) is -4.68. The lowest BCUT2D eigenvalue weighted by Crippen LogP contribution is -2.24. The van der Waals surface area contributed by atoms with Crippen LogP contribution in [0.15, 0.2) is 47.4 Å². The molecule has 2 aromatic carbocycles. The first-order valence-corrected chi connectivity index (χ1v) is 11.1. The minimum atomic E-state index is -4.68. The average Bonchev–Trinajstić information content (AvgIpc) is 3.00. The van der Waals surface area contributed by atoms with Gasteiger partial charge in [0.2, 0.25) is 10.0 Å². The summed E-state index contributed by atoms with van der Waals surface area (Å²) >= 11 is 7.17. The Labute approximate surface area is 175 Å². The molecule has 0 aliphatic heterocycles. The standard InChI is InChI=1S/C19H16ClF3N2O2S2/c1-11-5-3-4-6-14(11)18-25-12(2)16(28-18)10-24-29(26,27)17-9-13(19(21,22)23)7-8-15(17)20/h3-9,24H,10H2,1-2H3. The van der Waals surface area contributed by atoms with Gasteiger partial charge in [-0.05, 0) is 37.6 Å². The van der Waals surface area contributed by atoms with Crippen molar-refractivity contribution in [3.63, 3.8) is 0 Å². The molecule has 3 aromatic rings. The molecule has 10 heteroatoms. The number of hydrogen-bond acceptors (Lipinski definition) is 4. The molecule has 0 unspecified atom stereocenters. The van der Waals surface area contributed by atoms with Gasteiger partial charge in [-0.2, -0.15) is 13.2 Å². The molecule has 4 nitrogen and oxygen atoms in total. The summed E-state index contributed by atoms with van der Waals surface area (Å²) in [6.45, 7) is 3.59. The molecule has 29 heavy (non-hydrogen) atoms. The number of aromatic nitrogens is 1. The average molecular weight is 461 g/mol. The van der Waals surface area contributed by atoms with E-state index in [4.69, 9.17) is 11.6 Å². The second kappa shape index (κ2) is 8.06. The van der Waals surface area contributed by atoms with E-state index in [2.05, 4.69) is 9.71 Å². The van der Waals surface area contributed by atoms with E-state index >= 15 is 0 Å².